The molecule has 0 aliphatic rings. The van der Waals surface area contributed by atoms with Gasteiger partial charge in [-0.2, -0.15) is 0 Å². The number of hydrogen-bond acceptors (Lipinski definition) is 5. The molecular weight excluding hydrogens is 246 g/mol. The summed E-state index contributed by atoms with van der Waals surface area (Å²) in [7, 11) is 0. The van der Waals surface area contributed by atoms with Gasteiger partial charge in [-0.15, -0.1) is 11.3 Å². The lowest BCUT2D eigenvalue weighted by Gasteiger charge is -2.13. The molecule has 0 fully saturated rings. The molecule has 0 aromatic carbocycles. The number of aliphatic carboxylic acids is 1. The maximum absolute atomic E-state index is 11.3. The summed E-state index contributed by atoms with van der Waals surface area (Å²) in [6.07, 6.45) is 1.59. The summed E-state index contributed by atoms with van der Waals surface area (Å²) in [6.45, 7) is -0.00590. The highest BCUT2D eigenvalue weighted by molar-refractivity contribution is 7.09. The zero-order chi connectivity index (χ0) is 12.7. The van der Waals surface area contributed by atoms with E-state index in [-0.39, 0.29) is 13.0 Å². The molecule has 17 heavy (non-hydrogen) atoms. The highest BCUT2D eigenvalue weighted by Gasteiger charge is 2.18. The summed E-state index contributed by atoms with van der Waals surface area (Å²) in [6, 6.07) is -1.67. The highest BCUT2D eigenvalue weighted by atomic mass is 32.1. The van der Waals surface area contributed by atoms with E-state index in [1.165, 1.54) is 11.3 Å². The van der Waals surface area contributed by atoms with Gasteiger partial charge in [0.05, 0.1) is 12.1 Å². The molecule has 7 nitrogen and oxygen atoms in total. The number of aromatic nitrogens is 1. The number of aliphatic hydroxyl groups excluding tert-OH is 1. The Morgan fingerprint density at radius 1 is 1.53 bits per heavy atom. The van der Waals surface area contributed by atoms with Crippen molar-refractivity contribution in [1.82, 2.24) is 15.6 Å². The molecule has 1 rings (SSSR count). The molecule has 0 radical (unpaired) electrons. The van der Waals surface area contributed by atoms with Crippen LogP contribution in [0, 0.1) is 0 Å². The third-order valence-corrected chi connectivity index (χ3v) is 2.71. The van der Waals surface area contributed by atoms with Gasteiger partial charge in [-0.05, 0) is 0 Å². The van der Waals surface area contributed by atoms with E-state index in [1.807, 2.05) is 0 Å². The van der Waals surface area contributed by atoms with Crippen LogP contribution in [0.3, 0.4) is 0 Å². The van der Waals surface area contributed by atoms with E-state index in [0.717, 1.165) is 4.88 Å². The second kappa shape index (κ2) is 6.81. The minimum atomic E-state index is -1.17. The second-order valence-corrected chi connectivity index (χ2v) is 4.17. The summed E-state index contributed by atoms with van der Waals surface area (Å²) in [5, 5.41) is 22.1. The molecule has 0 aliphatic heterocycles. The first-order chi connectivity index (χ1) is 8.13. The Morgan fingerprint density at radius 3 is 2.82 bits per heavy atom. The third kappa shape index (κ3) is 4.79. The van der Waals surface area contributed by atoms with Gasteiger partial charge in [0.15, 0.2) is 0 Å². The minimum absolute atomic E-state index is 0.0245. The lowest BCUT2D eigenvalue weighted by atomic mass is 10.2. The zero-order valence-electron chi connectivity index (χ0n) is 8.92. The molecule has 94 valence electrons. The number of carboxylic acid groups (broad SMARTS) is 1. The van der Waals surface area contributed by atoms with Crippen LogP contribution < -0.4 is 10.6 Å². The van der Waals surface area contributed by atoms with Crippen LogP contribution in [0.15, 0.2) is 11.7 Å². The SMILES string of the molecule is O=C(NCc1cncs1)N[C@@H](CCO)C(=O)O. The van der Waals surface area contributed by atoms with Gasteiger partial charge < -0.3 is 20.8 Å². The number of aliphatic hydroxyl groups is 1. The van der Waals surface area contributed by atoms with Gasteiger partial charge in [-0.25, -0.2) is 9.59 Å². The number of carboxylic acids is 1. The number of carbonyl (C=O) groups is 2. The first-order valence-corrected chi connectivity index (χ1v) is 5.77. The van der Waals surface area contributed by atoms with Crippen molar-refractivity contribution in [2.75, 3.05) is 6.61 Å². The maximum atomic E-state index is 11.3. The molecule has 0 aliphatic carbocycles. The van der Waals surface area contributed by atoms with E-state index in [0.29, 0.717) is 6.54 Å². The molecule has 1 atom stereocenters. The average Bonchev–Trinajstić information content (AvgIpc) is 2.78. The molecule has 1 heterocycles. The summed E-state index contributed by atoms with van der Waals surface area (Å²) >= 11 is 1.39. The fourth-order valence-electron chi connectivity index (χ4n) is 1.09. The molecule has 1 aromatic rings. The molecule has 0 saturated carbocycles. The van der Waals surface area contributed by atoms with Crippen molar-refractivity contribution < 1.29 is 19.8 Å². The summed E-state index contributed by atoms with van der Waals surface area (Å²) < 4.78 is 0. The summed E-state index contributed by atoms with van der Waals surface area (Å²) in [5.41, 5.74) is 1.64. The van der Waals surface area contributed by atoms with Gasteiger partial charge in [-0.1, -0.05) is 0 Å². The van der Waals surface area contributed by atoms with Crippen LogP contribution in [0.25, 0.3) is 0 Å². The molecule has 4 N–H and O–H groups in total. The fraction of sp³-hybridized carbons (Fsp3) is 0.444. The quantitative estimate of drug-likeness (QED) is 0.564. The Labute approximate surface area is 101 Å². The monoisotopic (exact) mass is 259 g/mol. The zero-order valence-corrected chi connectivity index (χ0v) is 9.74. The molecule has 2 amide bonds. The van der Waals surface area contributed by atoms with E-state index >= 15 is 0 Å². The first kappa shape index (κ1) is 13.4. The van der Waals surface area contributed by atoms with Crippen molar-refractivity contribution in [3.63, 3.8) is 0 Å². The Hall–Kier alpha value is -1.67. The normalized spacial score (nSPS) is 11.8. The minimum Gasteiger partial charge on any atom is -0.480 e. The van der Waals surface area contributed by atoms with Crippen LogP contribution in [0.2, 0.25) is 0 Å². The molecule has 0 spiro atoms. The van der Waals surface area contributed by atoms with Gasteiger partial charge >= 0.3 is 12.0 Å². The van der Waals surface area contributed by atoms with Crippen molar-refractivity contribution in [1.29, 1.82) is 0 Å². The number of nitrogens with zero attached hydrogens (tertiary/aromatic N) is 1. The van der Waals surface area contributed by atoms with Gasteiger partial charge in [0.25, 0.3) is 0 Å². The lowest BCUT2D eigenvalue weighted by molar-refractivity contribution is -0.139. The van der Waals surface area contributed by atoms with Gasteiger partial charge in [-0.3, -0.25) is 4.98 Å². The number of amides is 2. The topological polar surface area (TPSA) is 112 Å². The number of thiazole rings is 1. The molecule has 0 bridgehead atoms. The fourth-order valence-corrected chi connectivity index (χ4v) is 1.63. The van der Waals surface area contributed by atoms with Crippen LogP contribution in [-0.4, -0.2) is 39.8 Å². The summed E-state index contributed by atoms with van der Waals surface area (Å²) in [5.74, 6) is -1.17. The molecule has 8 heteroatoms. The Balaban J connectivity index is 2.34. The van der Waals surface area contributed by atoms with Crippen molar-refractivity contribution >= 4 is 23.3 Å². The van der Waals surface area contributed by atoms with Gasteiger partial charge in [0.1, 0.15) is 6.04 Å². The molecule has 1 aromatic heterocycles. The Kier molecular flexibility index (Phi) is 5.37. The first-order valence-electron chi connectivity index (χ1n) is 4.89. The largest absolute Gasteiger partial charge is 0.480 e. The van der Waals surface area contributed by atoms with Crippen LogP contribution in [-0.2, 0) is 11.3 Å². The van der Waals surface area contributed by atoms with Crippen molar-refractivity contribution in [3.8, 4) is 0 Å². The van der Waals surface area contributed by atoms with Crippen LogP contribution >= 0.6 is 11.3 Å². The Bertz CT molecular complexity index is 368. The van der Waals surface area contributed by atoms with Crippen molar-refractivity contribution in [3.05, 3.63) is 16.6 Å². The Morgan fingerprint density at radius 2 is 2.29 bits per heavy atom. The van der Waals surface area contributed by atoms with Crippen molar-refractivity contribution in [2.45, 2.75) is 19.0 Å². The van der Waals surface area contributed by atoms with E-state index in [9.17, 15) is 9.59 Å². The van der Waals surface area contributed by atoms with Crippen LogP contribution in [0.4, 0.5) is 4.79 Å². The molecular formula is C9H13N3O4S. The van der Waals surface area contributed by atoms with E-state index in [1.54, 1.807) is 11.7 Å². The standard InChI is InChI=1S/C9H13N3O4S/c13-2-1-7(8(14)15)12-9(16)11-4-6-3-10-5-17-6/h3,5,7,13H,1-2,4H2,(H,14,15)(H2,11,12,16)/t7-/m0/s1. The van der Waals surface area contributed by atoms with Gasteiger partial charge in [0, 0.05) is 24.1 Å². The number of nitrogens with one attached hydrogen (secondary N) is 2. The number of rotatable bonds is 6. The average molecular weight is 259 g/mol. The number of carbonyl (C=O) groups excluding carboxylic acids is 1. The van der Waals surface area contributed by atoms with E-state index in [2.05, 4.69) is 15.6 Å². The third-order valence-electron chi connectivity index (χ3n) is 1.93. The smallest absolute Gasteiger partial charge is 0.326 e. The van der Waals surface area contributed by atoms with Crippen LogP contribution in [0.1, 0.15) is 11.3 Å². The maximum Gasteiger partial charge on any atom is 0.326 e. The summed E-state index contributed by atoms with van der Waals surface area (Å²) in [4.78, 5) is 26.7. The lowest BCUT2D eigenvalue weighted by Crippen LogP contribution is -2.46. The van der Waals surface area contributed by atoms with E-state index < -0.39 is 18.0 Å². The number of urea groups is 1. The molecule has 0 saturated heterocycles. The van der Waals surface area contributed by atoms with Gasteiger partial charge in [0.2, 0.25) is 0 Å². The van der Waals surface area contributed by atoms with Crippen LogP contribution in [0.5, 0.6) is 0 Å². The predicted octanol–water partition coefficient (Wildman–Crippen LogP) is -0.222. The second-order valence-electron chi connectivity index (χ2n) is 3.20. The molecule has 0 unspecified atom stereocenters. The van der Waals surface area contributed by atoms with Crippen molar-refractivity contribution in [2.24, 2.45) is 0 Å². The number of hydrogen-bond donors (Lipinski definition) is 4. The van der Waals surface area contributed by atoms with E-state index in [4.69, 9.17) is 10.2 Å². The highest BCUT2D eigenvalue weighted by Crippen LogP contribution is 2.03. The predicted molar refractivity (Wildman–Crippen MR) is 60.6 cm³/mol.